The summed E-state index contributed by atoms with van der Waals surface area (Å²) in [6.45, 7) is 3.83. The van der Waals surface area contributed by atoms with Crippen molar-refractivity contribution in [2.75, 3.05) is 5.50 Å². The van der Waals surface area contributed by atoms with E-state index in [4.69, 9.17) is 16.0 Å². The first kappa shape index (κ1) is 12.0. The monoisotopic (exact) mass is 245 g/mol. The van der Waals surface area contributed by atoms with E-state index >= 15 is 0 Å². The fraction of sp³-hybridized carbons (Fsp3) is 0.333. The number of benzene rings is 1. The molecule has 0 heterocycles. The number of hydrogen-bond acceptors (Lipinski definition) is 3. The minimum Gasteiger partial charge on any atom is -0.538 e. The lowest BCUT2D eigenvalue weighted by Gasteiger charge is -2.20. The molecule has 0 unspecified atom stereocenters. The molecule has 0 fully saturated rings. The molecule has 0 radical (unpaired) electrons. The topological polar surface area (TPSA) is 52.4 Å². The van der Waals surface area contributed by atoms with Crippen molar-refractivity contribution in [1.82, 2.24) is 0 Å². The molecule has 1 rings (SSSR count). The van der Waals surface area contributed by atoms with Crippen LogP contribution in [0.5, 0.6) is 5.75 Å². The predicted octanol–water partition coefficient (Wildman–Crippen LogP) is 2.96. The van der Waals surface area contributed by atoms with E-state index in [1.54, 1.807) is 18.2 Å². The van der Waals surface area contributed by atoms with E-state index < -0.39 is 13.2 Å². The van der Waals surface area contributed by atoms with Crippen LogP contribution in [0.4, 0.5) is 5.69 Å². The largest absolute Gasteiger partial charge is 0.538 e. The van der Waals surface area contributed by atoms with Gasteiger partial charge in [0.15, 0.2) is 5.75 Å². The lowest BCUT2D eigenvalue weighted by atomic mass is 10.3. The molecule has 0 amide bonds. The van der Waals surface area contributed by atoms with E-state index in [1.807, 2.05) is 13.1 Å². The molecule has 0 aliphatic carbocycles. The van der Waals surface area contributed by atoms with Crippen LogP contribution in [-0.4, -0.2) is 18.7 Å². The number of nitro benzene ring substituents is 1. The van der Waals surface area contributed by atoms with Gasteiger partial charge in [-0.05, 0) is 19.2 Å². The highest BCUT2D eigenvalue weighted by Crippen LogP contribution is 2.28. The molecule has 6 heteroatoms. The average molecular weight is 246 g/mol. The number of hydrogen-bond donors (Lipinski definition) is 0. The summed E-state index contributed by atoms with van der Waals surface area (Å²) < 4.78 is 5.61. The highest BCUT2D eigenvalue weighted by molar-refractivity contribution is 6.78. The van der Waals surface area contributed by atoms with Gasteiger partial charge in [0.25, 0.3) is 8.32 Å². The standard InChI is InChI=1S/C9H12ClNO3Si/c1-15(2,7-10)14-9-6-4-3-5-8(9)11(12)13/h3-6H,7H2,1-2H3. The van der Waals surface area contributed by atoms with Gasteiger partial charge in [-0.15, -0.1) is 11.6 Å². The van der Waals surface area contributed by atoms with Gasteiger partial charge >= 0.3 is 5.69 Å². The molecule has 1 aromatic rings. The third-order valence-electron chi connectivity index (χ3n) is 1.77. The van der Waals surface area contributed by atoms with Gasteiger partial charge in [0.05, 0.1) is 10.4 Å². The summed E-state index contributed by atoms with van der Waals surface area (Å²) in [4.78, 5) is 10.3. The van der Waals surface area contributed by atoms with Gasteiger partial charge in [0.1, 0.15) is 0 Å². The Labute approximate surface area is 94.1 Å². The van der Waals surface area contributed by atoms with Gasteiger partial charge in [-0.1, -0.05) is 12.1 Å². The summed E-state index contributed by atoms with van der Waals surface area (Å²) >= 11 is 5.74. The van der Waals surface area contributed by atoms with Gasteiger partial charge in [-0.2, -0.15) is 0 Å². The minimum absolute atomic E-state index is 0.0109. The third kappa shape index (κ3) is 3.21. The first-order valence-corrected chi connectivity index (χ1v) is 8.10. The van der Waals surface area contributed by atoms with Crippen molar-refractivity contribution in [2.45, 2.75) is 13.1 Å². The Morgan fingerprint density at radius 1 is 1.47 bits per heavy atom. The van der Waals surface area contributed by atoms with Crippen molar-refractivity contribution >= 4 is 25.6 Å². The van der Waals surface area contributed by atoms with Gasteiger partial charge in [-0.25, -0.2) is 0 Å². The Morgan fingerprint density at radius 3 is 2.60 bits per heavy atom. The van der Waals surface area contributed by atoms with Crippen LogP contribution in [-0.2, 0) is 0 Å². The fourth-order valence-electron chi connectivity index (χ4n) is 1.02. The molecule has 0 atom stereocenters. The van der Waals surface area contributed by atoms with Crippen LogP contribution in [0, 0.1) is 10.1 Å². The van der Waals surface area contributed by atoms with Gasteiger partial charge in [-0.3, -0.25) is 10.1 Å². The van der Waals surface area contributed by atoms with Crippen LogP contribution in [0.2, 0.25) is 13.1 Å². The molecule has 1 aromatic carbocycles. The van der Waals surface area contributed by atoms with Crippen molar-refractivity contribution in [3.8, 4) is 5.75 Å². The summed E-state index contributed by atoms with van der Waals surface area (Å²) in [5.74, 6) is 0.305. The van der Waals surface area contributed by atoms with Gasteiger partial charge in [0, 0.05) is 6.07 Å². The van der Waals surface area contributed by atoms with Crippen molar-refractivity contribution in [1.29, 1.82) is 0 Å². The predicted molar refractivity (Wildman–Crippen MR) is 61.9 cm³/mol. The summed E-state index contributed by atoms with van der Waals surface area (Å²) in [6, 6.07) is 6.34. The maximum atomic E-state index is 10.7. The molecular formula is C9H12ClNO3Si. The number of nitrogens with zero attached hydrogens (tertiary/aromatic N) is 1. The molecule has 0 aromatic heterocycles. The zero-order chi connectivity index (χ0) is 11.5. The zero-order valence-corrected chi connectivity index (χ0v) is 10.3. The number of halogens is 1. The summed E-state index contributed by atoms with van der Waals surface area (Å²) in [5.41, 5.74) is 0.391. The van der Waals surface area contributed by atoms with E-state index in [2.05, 4.69) is 0 Å². The van der Waals surface area contributed by atoms with Crippen LogP contribution in [0.15, 0.2) is 24.3 Å². The van der Waals surface area contributed by atoms with Crippen molar-refractivity contribution in [2.24, 2.45) is 0 Å². The highest BCUT2D eigenvalue weighted by Gasteiger charge is 2.26. The van der Waals surface area contributed by atoms with E-state index in [0.29, 0.717) is 11.3 Å². The second-order valence-corrected chi connectivity index (χ2v) is 8.51. The van der Waals surface area contributed by atoms with Crippen LogP contribution < -0.4 is 4.43 Å². The van der Waals surface area contributed by atoms with E-state index in [1.165, 1.54) is 6.07 Å². The van der Waals surface area contributed by atoms with Crippen LogP contribution in [0.25, 0.3) is 0 Å². The molecule has 0 aliphatic heterocycles. The van der Waals surface area contributed by atoms with Crippen LogP contribution in [0.1, 0.15) is 0 Å². The molecule has 82 valence electrons. The Morgan fingerprint density at radius 2 is 2.07 bits per heavy atom. The van der Waals surface area contributed by atoms with Crippen molar-refractivity contribution in [3.05, 3.63) is 34.4 Å². The molecule has 0 bridgehead atoms. The van der Waals surface area contributed by atoms with E-state index in [0.717, 1.165) is 0 Å². The summed E-state index contributed by atoms with van der Waals surface area (Å²) in [6.07, 6.45) is 0. The number of para-hydroxylation sites is 2. The Balaban J connectivity index is 2.99. The van der Waals surface area contributed by atoms with Crippen LogP contribution in [0.3, 0.4) is 0 Å². The third-order valence-corrected chi connectivity index (χ3v) is 5.12. The zero-order valence-electron chi connectivity index (χ0n) is 8.57. The second kappa shape index (κ2) is 4.63. The SMILES string of the molecule is C[Si](C)(CCl)Oc1ccccc1[N+](=O)[O-]. The maximum absolute atomic E-state index is 10.7. The van der Waals surface area contributed by atoms with Crippen LogP contribution >= 0.6 is 11.6 Å². The number of nitro groups is 1. The smallest absolute Gasteiger partial charge is 0.309 e. The second-order valence-electron chi connectivity index (χ2n) is 3.72. The average Bonchev–Trinajstić information content (AvgIpc) is 2.18. The molecule has 15 heavy (non-hydrogen) atoms. The van der Waals surface area contributed by atoms with Crippen molar-refractivity contribution in [3.63, 3.8) is 0 Å². The lowest BCUT2D eigenvalue weighted by molar-refractivity contribution is -0.385. The quantitative estimate of drug-likeness (QED) is 0.355. The van der Waals surface area contributed by atoms with E-state index in [9.17, 15) is 10.1 Å². The first-order chi connectivity index (χ1) is 6.96. The molecular weight excluding hydrogens is 234 g/mol. The Bertz CT molecular complexity index is 370. The lowest BCUT2D eigenvalue weighted by Crippen LogP contribution is -2.37. The molecule has 4 nitrogen and oxygen atoms in total. The first-order valence-electron chi connectivity index (χ1n) is 4.45. The molecule has 0 saturated carbocycles. The maximum Gasteiger partial charge on any atom is 0.309 e. The highest BCUT2D eigenvalue weighted by atomic mass is 35.5. The molecule has 0 aliphatic rings. The minimum atomic E-state index is -2.03. The summed E-state index contributed by atoms with van der Waals surface area (Å²) in [5, 5.41) is 10.7. The number of rotatable bonds is 4. The van der Waals surface area contributed by atoms with Gasteiger partial charge in [0.2, 0.25) is 0 Å². The molecule has 0 spiro atoms. The fourth-order valence-corrected chi connectivity index (χ4v) is 2.01. The normalized spacial score (nSPS) is 11.1. The summed E-state index contributed by atoms with van der Waals surface area (Å²) in [7, 11) is -2.03. The number of alkyl halides is 1. The van der Waals surface area contributed by atoms with Crippen molar-refractivity contribution < 1.29 is 9.35 Å². The molecule has 0 saturated heterocycles. The molecule has 0 N–H and O–H groups in total. The van der Waals surface area contributed by atoms with Gasteiger partial charge < -0.3 is 4.43 Å². The Kier molecular flexibility index (Phi) is 3.70. The Hall–Kier alpha value is -1.07. The van der Waals surface area contributed by atoms with E-state index in [-0.39, 0.29) is 5.69 Å².